The predicted molar refractivity (Wildman–Crippen MR) is 52.8 cm³/mol. The lowest BCUT2D eigenvalue weighted by molar-refractivity contribution is 0.0522. The molecule has 1 atom stereocenters. The second-order valence-electron chi connectivity index (χ2n) is 2.78. The molecule has 0 aromatic heterocycles. The molecule has 0 aliphatic rings. The molecule has 15 heavy (non-hydrogen) atoms. The van der Waals surface area contributed by atoms with Gasteiger partial charge in [0.1, 0.15) is 11.9 Å². The first kappa shape index (κ1) is 11.2. The number of carbonyl (C=O) groups is 1. The molecule has 0 saturated carbocycles. The third-order valence-corrected chi connectivity index (χ3v) is 1.80. The summed E-state index contributed by atoms with van der Waals surface area (Å²) in [5.74, 6) is -0.348. The number of carbonyl (C=O) groups excluding carboxylic acids is 1. The van der Waals surface area contributed by atoms with Gasteiger partial charge in [0.05, 0.1) is 7.11 Å². The van der Waals surface area contributed by atoms with Crippen molar-refractivity contribution in [3.8, 4) is 0 Å². The molecule has 0 radical (unpaired) electrons. The largest absolute Gasteiger partial charge is 0.508 e. The molecule has 3 nitrogen and oxygen atoms in total. The first-order valence-electron chi connectivity index (χ1n) is 4.30. The van der Waals surface area contributed by atoms with Gasteiger partial charge < -0.3 is 9.47 Å². The Hall–Kier alpha value is -1.84. The van der Waals surface area contributed by atoms with Crippen LogP contribution < -0.4 is 0 Å². The van der Waals surface area contributed by atoms with Gasteiger partial charge in [-0.3, -0.25) is 0 Å². The monoisotopic (exact) mass is 210 g/mol. The predicted octanol–water partition coefficient (Wildman–Crippen LogP) is 2.84. The summed E-state index contributed by atoms with van der Waals surface area (Å²) in [6.07, 6.45) is 0.00623. The van der Waals surface area contributed by atoms with Gasteiger partial charge in [-0.15, -0.1) is 0 Å². The first-order chi connectivity index (χ1) is 7.17. The normalized spacial score (nSPS) is 11.6. The fourth-order valence-corrected chi connectivity index (χ4v) is 1.06. The van der Waals surface area contributed by atoms with E-state index in [1.54, 1.807) is 0 Å². The third kappa shape index (κ3) is 3.09. The van der Waals surface area contributed by atoms with Crippen molar-refractivity contribution in [2.75, 3.05) is 7.11 Å². The van der Waals surface area contributed by atoms with Crippen LogP contribution in [-0.4, -0.2) is 13.3 Å². The van der Waals surface area contributed by atoms with E-state index in [1.807, 2.05) is 0 Å². The average molecular weight is 210 g/mol. The van der Waals surface area contributed by atoms with E-state index < -0.39 is 12.3 Å². The summed E-state index contributed by atoms with van der Waals surface area (Å²) in [6.45, 7) is 3.52. The van der Waals surface area contributed by atoms with Crippen molar-refractivity contribution in [2.45, 2.75) is 6.10 Å². The van der Waals surface area contributed by atoms with E-state index >= 15 is 0 Å². The van der Waals surface area contributed by atoms with Crippen molar-refractivity contribution in [1.82, 2.24) is 0 Å². The van der Waals surface area contributed by atoms with Crippen molar-refractivity contribution in [3.05, 3.63) is 48.3 Å². The van der Waals surface area contributed by atoms with E-state index in [1.165, 1.54) is 37.5 Å². The molecule has 0 fully saturated rings. The second kappa shape index (κ2) is 5.14. The molecule has 0 aliphatic carbocycles. The van der Waals surface area contributed by atoms with Gasteiger partial charge in [-0.25, -0.2) is 9.18 Å². The van der Waals surface area contributed by atoms with Gasteiger partial charge in [-0.2, -0.15) is 0 Å². The molecular weight excluding hydrogens is 199 g/mol. The quantitative estimate of drug-likeness (QED) is 0.568. The smallest absolute Gasteiger partial charge is 0.438 e. The number of hydrogen-bond donors (Lipinski definition) is 0. The van der Waals surface area contributed by atoms with Gasteiger partial charge in [0.25, 0.3) is 0 Å². The Morgan fingerprint density at radius 2 is 2.07 bits per heavy atom. The molecule has 1 aromatic carbocycles. The summed E-state index contributed by atoms with van der Waals surface area (Å²) in [5.41, 5.74) is 0.636. The van der Waals surface area contributed by atoms with Gasteiger partial charge in [-0.05, 0) is 23.8 Å². The van der Waals surface area contributed by atoms with Gasteiger partial charge in [0.15, 0.2) is 0 Å². The van der Waals surface area contributed by atoms with Crippen LogP contribution in [0.4, 0.5) is 9.18 Å². The standard InChI is InChI=1S/C11H11FO3/c1-3-10(15-11(13)14-2)8-4-6-9(12)7-5-8/h3-7,10H,1H2,2H3/t10-/m1/s1. The molecule has 0 spiro atoms. The molecule has 0 bridgehead atoms. The van der Waals surface area contributed by atoms with Crippen LogP contribution in [0.25, 0.3) is 0 Å². The van der Waals surface area contributed by atoms with Crippen LogP contribution in [0.15, 0.2) is 36.9 Å². The number of methoxy groups -OCH3 is 1. The van der Waals surface area contributed by atoms with Crippen molar-refractivity contribution in [1.29, 1.82) is 0 Å². The van der Waals surface area contributed by atoms with Crippen LogP contribution in [0.3, 0.4) is 0 Å². The van der Waals surface area contributed by atoms with E-state index in [-0.39, 0.29) is 5.82 Å². The van der Waals surface area contributed by atoms with E-state index in [9.17, 15) is 9.18 Å². The Bertz CT molecular complexity index is 345. The Labute approximate surface area is 87.1 Å². The van der Waals surface area contributed by atoms with Crippen LogP contribution >= 0.6 is 0 Å². The minimum absolute atomic E-state index is 0.348. The highest BCUT2D eigenvalue weighted by molar-refractivity contribution is 5.60. The minimum Gasteiger partial charge on any atom is -0.438 e. The summed E-state index contributed by atoms with van der Waals surface area (Å²) < 4.78 is 21.8. The minimum atomic E-state index is -0.802. The molecule has 1 rings (SSSR count). The fraction of sp³-hybridized carbons (Fsp3) is 0.182. The van der Waals surface area contributed by atoms with Crippen LogP contribution in [0.1, 0.15) is 11.7 Å². The van der Waals surface area contributed by atoms with Crippen molar-refractivity contribution >= 4 is 6.16 Å². The highest BCUT2D eigenvalue weighted by Crippen LogP contribution is 2.19. The maximum Gasteiger partial charge on any atom is 0.508 e. The molecule has 0 saturated heterocycles. The number of ether oxygens (including phenoxy) is 2. The Kier molecular flexibility index (Phi) is 3.85. The third-order valence-electron chi connectivity index (χ3n) is 1.80. The van der Waals surface area contributed by atoms with Gasteiger partial charge >= 0.3 is 6.16 Å². The van der Waals surface area contributed by atoms with E-state index in [2.05, 4.69) is 11.3 Å². The number of hydrogen-bond acceptors (Lipinski definition) is 3. The summed E-state index contributed by atoms with van der Waals surface area (Å²) >= 11 is 0. The zero-order chi connectivity index (χ0) is 11.3. The lowest BCUT2D eigenvalue weighted by atomic mass is 10.1. The molecule has 0 aliphatic heterocycles. The molecule has 0 N–H and O–H groups in total. The van der Waals surface area contributed by atoms with Crippen molar-refractivity contribution in [3.63, 3.8) is 0 Å². The number of benzene rings is 1. The molecule has 0 heterocycles. The Morgan fingerprint density at radius 1 is 1.47 bits per heavy atom. The summed E-state index contributed by atoms with van der Waals surface area (Å²) in [6, 6.07) is 5.61. The van der Waals surface area contributed by atoms with E-state index in [0.29, 0.717) is 5.56 Å². The maximum absolute atomic E-state index is 12.6. The first-order valence-corrected chi connectivity index (χ1v) is 4.30. The van der Waals surface area contributed by atoms with Crippen molar-refractivity contribution in [2.24, 2.45) is 0 Å². The van der Waals surface area contributed by atoms with Crippen LogP contribution in [-0.2, 0) is 9.47 Å². The SMILES string of the molecule is C=C[C@@H](OC(=O)OC)c1ccc(F)cc1. The van der Waals surface area contributed by atoms with Gasteiger partial charge in [0, 0.05) is 0 Å². The Morgan fingerprint density at radius 3 is 2.53 bits per heavy atom. The molecule has 0 unspecified atom stereocenters. The Balaban J connectivity index is 2.78. The topological polar surface area (TPSA) is 35.5 Å². The average Bonchev–Trinajstić information content (AvgIpc) is 2.27. The molecule has 0 amide bonds. The van der Waals surface area contributed by atoms with Crippen LogP contribution in [0.2, 0.25) is 0 Å². The summed E-state index contributed by atoms with van der Waals surface area (Å²) in [7, 11) is 1.22. The second-order valence-corrected chi connectivity index (χ2v) is 2.78. The highest BCUT2D eigenvalue weighted by atomic mass is 19.1. The molecule has 1 aromatic rings. The number of rotatable bonds is 3. The summed E-state index contributed by atoms with van der Waals surface area (Å²) in [5, 5.41) is 0. The molecule has 4 heteroatoms. The zero-order valence-corrected chi connectivity index (χ0v) is 8.27. The van der Waals surface area contributed by atoms with Gasteiger partial charge in [0.2, 0.25) is 0 Å². The van der Waals surface area contributed by atoms with E-state index in [0.717, 1.165) is 0 Å². The lowest BCUT2D eigenvalue weighted by Crippen LogP contribution is -2.09. The summed E-state index contributed by atoms with van der Waals surface area (Å²) in [4.78, 5) is 10.9. The van der Waals surface area contributed by atoms with Crippen LogP contribution in [0, 0.1) is 5.82 Å². The fourth-order valence-electron chi connectivity index (χ4n) is 1.06. The number of halogens is 1. The zero-order valence-electron chi connectivity index (χ0n) is 8.27. The van der Waals surface area contributed by atoms with Gasteiger partial charge in [-0.1, -0.05) is 18.7 Å². The lowest BCUT2D eigenvalue weighted by Gasteiger charge is -2.12. The molecular formula is C11H11FO3. The maximum atomic E-state index is 12.6. The van der Waals surface area contributed by atoms with E-state index in [4.69, 9.17) is 4.74 Å². The highest BCUT2D eigenvalue weighted by Gasteiger charge is 2.13. The van der Waals surface area contributed by atoms with Crippen molar-refractivity contribution < 1.29 is 18.7 Å². The van der Waals surface area contributed by atoms with Crippen LogP contribution in [0.5, 0.6) is 0 Å². The molecule has 80 valence electrons.